The van der Waals surface area contributed by atoms with Crippen molar-refractivity contribution in [3.05, 3.63) is 132 Å². The smallest absolute Gasteiger partial charge is 0.0600 e. The molecule has 0 aliphatic carbocycles. The summed E-state index contributed by atoms with van der Waals surface area (Å²) in [4.78, 5) is 5.40. The van der Waals surface area contributed by atoms with E-state index < -0.39 is 26.5 Å². The fourth-order valence-electron chi connectivity index (χ4n) is 8.97. The Morgan fingerprint density at radius 2 is 1.22 bits per heavy atom. The van der Waals surface area contributed by atoms with E-state index in [1.165, 1.54) is 49.6 Å². The van der Waals surface area contributed by atoms with Crippen LogP contribution < -0.4 is 8.79 Å². The van der Waals surface area contributed by atoms with Gasteiger partial charge in [-0.15, -0.1) is 0 Å². The molecule has 0 radical (unpaired) electrons. The Morgan fingerprint density at radius 1 is 0.574 bits per heavy atom. The maximum atomic E-state index is 6.97. The Hall–Kier alpha value is -4.32. The maximum absolute atomic E-state index is 6.97. The average Bonchev–Trinajstić information content (AvgIpc) is 3.74. The van der Waals surface area contributed by atoms with Crippen molar-refractivity contribution in [3.8, 4) is 39.3 Å². The van der Waals surface area contributed by atoms with Crippen LogP contribution in [0.2, 0.25) is 33.5 Å². The van der Waals surface area contributed by atoms with Gasteiger partial charge in [-0.1, -0.05) is 70.2 Å². The van der Waals surface area contributed by atoms with Crippen LogP contribution in [0.25, 0.3) is 72.3 Å². The van der Waals surface area contributed by atoms with E-state index in [1.54, 1.807) is 8.79 Å². The molecular weight excluding hydrogens is 778 g/mol. The van der Waals surface area contributed by atoms with E-state index >= 15 is 0 Å². The van der Waals surface area contributed by atoms with Crippen LogP contribution in [0.3, 0.4) is 0 Å². The van der Waals surface area contributed by atoms with Crippen molar-refractivity contribution in [2.24, 2.45) is 0 Å². The molecule has 5 heteroatoms. The molecule has 0 N–H and O–H groups in total. The molecule has 2 aromatic heterocycles. The van der Waals surface area contributed by atoms with Gasteiger partial charge in [-0.05, 0) is 58.4 Å². The molecule has 8 aromatic rings. The molecule has 0 atom stereocenters. The van der Waals surface area contributed by atoms with E-state index in [2.05, 4.69) is 177 Å². The molecule has 3 heterocycles. The van der Waals surface area contributed by atoms with Gasteiger partial charge in [0.15, 0.2) is 0 Å². The summed E-state index contributed by atoms with van der Waals surface area (Å²) in [5, 5.41) is 5.21. The Bertz CT molecular complexity index is 2700. The molecule has 1 aliphatic heterocycles. The van der Waals surface area contributed by atoms with Crippen LogP contribution in [0.15, 0.2) is 126 Å². The summed E-state index contributed by atoms with van der Waals surface area (Å²) < 4.78 is 12.9. The van der Waals surface area contributed by atoms with Crippen molar-refractivity contribution in [2.45, 2.75) is 73.1 Å². The minimum Gasteiger partial charge on any atom is -0.0600 e. The Labute approximate surface area is 325 Å². The van der Waals surface area contributed by atoms with Crippen molar-refractivity contribution in [2.75, 3.05) is 0 Å². The third kappa shape index (κ3) is 5.81. The fourth-order valence-corrected chi connectivity index (χ4v) is 39.4. The van der Waals surface area contributed by atoms with Crippen LogP contribution in [0.1, 0.15) is 50.7 Å². The van der Waals surface area contributed by atoms with E-state index in [9.17, 15) is 0 Å². The predicted octanol–water partition coefficient (Wildman–Crippen LogP) is 13.0. The van der Waals surface area contributed by atoms with Gasteiger partial charge in [0.2, 0.25) is 0 Å². The summed E-state index contributed by atoms with van der Waals surface area (Å²) in [6.45, 7) is 9.24. The third-order valence-electron chi connectivity index (χ3n) is 12.2. The number of hydrogen-bond donors (Lipinski definition) is 0. The molecule has 0 unspecified atom stereocenters. The van der Waals surface area contributed by atoms with Gasteiger partial charge in [0.25, 0.3) is 0 Å². The first-order chi connectivity index (χ1) is 25.9. The summed E-state index contributed by atoms with van der Waals surface area (Å²) in [6.07, 6.45) is 0. The predicted molar refractivity (Wildman–Crippen MR) is 237 cm³/mol. The Morgan fingerprint density at radius 3 is 1.94 bits per heavy atom. The van der Waals surface area contributed by atoms with Crippen LogP contribution >= 0.6 is 0 Å². The van der Waals surface area contributed by atoms with Crippen molar-refractivity contribution >= 4 is 68.3 Å². The van der Waals surface area contributed by atoms with E-state index in [0.717, 1.165) is 44.4 Å². The van der Waals surface area contributed by atoms with Gasteiger partial charge in [-0.25, -0.2) is 0 Å². The Balaban J connectivity index is 1.25. The number of imidazole rings is 1. The summed E-state index contributed by atoms with van der Waals surface area (Å²) in [6, 6.07) is 45.0. The van der Waals surface area contributed by atoms with Crippen LogP contribution in [0.4, 0.5) is 0 Å². The van der Waals surface area contributed by atoms with Gasteiger partial charge >= 0.3 is 199 Å². The first kappa shape index (κ1) is 35.4. The minimum absolute atomic E-state index is 0.294. The normalized spacial score (nSPS) is 15.1. The fraction of sp³-hybridized carbons (Fsp3) is 0.245. The molecule has 54 heavy (non-hydrogen) atoms. The quantitative estimate of drug-likeness (QED) is 0.156. The van der Waals surface area contributed by atoms with Gasteiger partial charge in [0, 0.05) is 0 Å². The summed E-state index contributed by atoms with van der Waals surface area (Å²) >= 11 is -4.01. The molecule has 1 aliphatic rings. The molecule has 0 amide bonds. The van der Waals surface area contributed by atoms with Gasteiger partial charge in [0.05, 0.1) is 0 Å². The van der Waals surface area contributed by atoms with Crippen LogP contribution in [0, 0.1) is 0 Å². The standard InChI is InChI=1S/C49H50Ge2N2O/c1-31(2)40-27-36(33-15-10-9-11-16-33)28-41(32(3)4)47(40)53-45-20-13-12-19-44(45)52-49(53)39-18-14-17-38-37-23-21-35(30-46(37)54-48(38)39)34-22-24-42-43(29-34)51(7,8)26-25-50(42,5)6/h9-24,27-32H,25-26H2,1-8H3. The number of benzene rings is 6. The zero-order valence-electron chi connectivity index (χ0n) is 32.9. The second kappa shape index (κ2) is 13.2. The minimum atomic E-state index is -2.05. The molecule has 6 aromatic carbocycles. The molecule has 9 rings (SSSR count). The van der Waals surface area contributed by atoms with Crippen molar-refractivity contribution < 1.29 is 4.42 Å². The van der Waals surface area contributed by atoms with Crippen LogP contribution in [-0.2, 0) is 0 Å². The third-order valence-corrected chi connectivity index (χ3v) is 29.7. The van der Waals surface area contributed by atoms with Crippen molar-refractivity contribution in [1.82, 2.24) is 9.55 Å². The van der Waals surface area contributed by atoms with Gasteiger partial charge in [-0.2, -0.15) is 0 Å². The van der Waals surface area contributed by atoms with Gasteiger partial charge < -0.3 is 0 Å². The number of hydrogen-bond acceptors (Lipinski definition) is 2. The number of aromatic nitrogens is 2. The summed E-state index contributed by atoms with van der Waals surface area (Å²) in [7, 11) is 0. The van der Waals surface area contributed by atoms with Crippen molar-refractivity contribution in [1.29, 1.82) is 0 Å². The molecule has 0 fully saturated rings. The molecular formula is C49H50Ge2N2O. The molecule has 0 saturated heterocycles. The first-order valence-electron chi connectivity index (χ1n) is 19.7. The van der Waals surface area contributed by atoms with E-state index in [0.29, 0.717) is 11.8 Å². The number of rotatable bonds is 6. The topological polar surface area (TPSA) is 31.0 Å². The van der Waals surface area contributed by atoms with Gasteiger partial charge in [0.1, 0.15) is 0 Å². The first-order valence-corrected chi connectivity index (χ1v) is 33.2. The molecule has 0 bridgehead atoms. The molecule has 270 valence electrons. The second-order valence-corrected chi connectivity index (χ2v) is 37.6. The zero-order chi connectivity index (χ0) is 37.5. The van der Waals surface area contributed by atoms with E-state index in [-0.39, 0.29) is 0 Å². The number of para-hydroxylation sites is 3. The van der Waals surface area contributed by atoms with Gasteiger partial charge in [-0.3, -0.25) is 0 Å². The second-order valence-electron chi connectivity index (χ2n) is 17.5. The molecule has 0 spiro atoms. The SMILES string of the molecule is CC(C)c1cc(-c2ccccc2)cc(C(C)C)c1-n1c(-c2cccc3c2oc2cc(-c4cc[c]5[c](c4)[Ge]([CH3])([CH3])[CH2][CH2][Ge]5([CH3])[CH3])ccc23)nc2ccccc21. The Kier molecular flexibility index (Phi) is 8.63. The molecule has 3 nitrogen and oxygen atoms in total. The summed E-state index contributed by atoms with van der Waals surface area (Å²) in [5.41, 5.74) is 13.8. The molecule has 0 saturated carbocycles. The average molecular weight is 828 g/mol. The number of furan rings is 1. The van der Waals surface area contributed by atoms with E-state index in [4.69, 9.17) is 9.40 Å². The number of fused-ring (bicyclic) bond motifs is 5. The summed E-state index contributed by atoms with van der Waals surface area (Å²) in [5.74, 6) is 11.9. The monoisotopic (exact) mass is 830 g/mol. The van der Waals surface area contributed by atoms with Crippen LogP contribution in [0.5, 0.6) is 0 Å². The number of nitrogens with zero attached hydrogens (tertiary/aromatic N) is 2. The van der Waals surface area contributed by atoms with Crippen LogP contribution in [-0.4, -0.2) is 36.1 Å². The van der Waals surface area contributed by atoms with E-state index in [1.807, 2.05) is 0 Å². The zero-order valence-corrected chi connectivity index (χ0v) is 37.1. The van der Waals surface area contributed by atoms with Crippen molar-refractivity contribution in [3.63, 3.8) is 0 Å².